The van der Waals surface area contributed by atoms with Crippen LogP contribution in [0.25, 0.3) is 0 Å². The quantitative estimate of drug-likeness (QED) is 0.210. The van der Waals surface area contributed by atoms with Crippen LogP contribution in [0.2, 0.25) is 18.6 Å². The molecule has 242 valence electrons. The molecule has 3 heterocycles. The van der Waals surface area contributed by atoms with Crippen LogP contribution in [0, 0.1) is 5.92 Å². The number of aliphatic hydroxyl groups excluding tert-OH is 1. The zero-order valence-electron chi connectivity index (χ0n) is 27.1. The first-order valence-corrected chi connectivity index (χ1v) is 19.3. The van der Waals surface area contributed by atoms with Crippen LogP contribution in [-0.4, -0.2) is 66.6 Å². The van der Waals surface area contributed by atoms with Gasteiger partial charge in [-0.2, -0.15) is 0 Å². The van der Waals surface area contributed by atoms with Crippen molar-refractivity contribution in [1.29, 1.82) is 0 Å². The highest BCUT2D eigenvalue weighted by Crippen LogP contribution is 2.46. The van der Waals surface area contributed by atoms with Crippen molar-refractivity contribution in [3.8, 4) is 11.5 Å². The van der Waals surface area contributed by atoms with E-state index in [1.807, 2.05) is 47.3 Å². The maximum Gasteiger partial charge on any atom is 0.269 e. The lowest BCUT2D eigenvalue weighted by Gasteiger charge is -2.36. The molecule has 1 saturated heterocycles. The fourth-order valence-corrected chi connectivity index (χ4v) is 11.5. The number of carbonyl (C=O) groups excluding carboxylic acids is 1. The molecular weight excluding hydrogens is 597 g/mol. The summed E-state index contributed by atoms with van der Waals surface area (Å²) in [5, 5.41) is 19.2. The lowest BCUT2D eigenvalue weighted by Crippen LogP contribution is -2.50. The Bertz CT molecular complexity index is 1640. The Kier molecular flexibility index (Phi) is 9.58. The number of carbonyl (C=O) groups is 1. The number of methoxy groups -OCH3 is 1. The van der Waals surface area contributed by atoms with E-state index in [1.165, 1.54) is 10.8 Å². The van der Waals surface area contributed by atoms with Crippen molar-refractivity contribution in [3.05, 3.63) is 90.3 Å². The molecule has 10 heteroatoms. The molecule has 3 aromatic carbocycles. The van der Waals surface area contributed by atoms with Crippen molar-refractivity contribution in [3.63, 3.8) is 0 Å². The Hall–Kier alpha value is -3.99. The molecule has 4 aromatic rings. The van der Waals surface area contributed by atoms with E-state index in [1.54, 1.807) is 12.0 Å². The number of rotatable bonds is 12. The number of benzene rings is 3. The molecule has 1 amide bonds. The molecule has 0 bridgehead atoms. The number of para-hydroxylation sites is 2. The number of aliphatic hydroxyl groups is 1. The van der Waals surface area contributed by atoms with Crippen LogP contribution in [0.5, 0.6) is 11.5 Å². The zero-order chi connectivity index (χ0) is 32.3. The van der Waals surface area contributed by atoms with Crippen LogP contribution in [0.1, 0.15) is 31.0 Å². The minimum atomic E-state index is -1.99. The third kappa shape index (κ3) is 6.60. The molecule has 46 heavy (non-hydrogen) atoms. The van der Waals surface area contributed by atoms with Gasteiger partial charge in [0.25, 0.3) is 5.91 Å². The molecule has 9 nitrogen and oxygen atoms in total. The van der Waals surface area contributed by atoms with E-state index < -0.39 is 8.07 Å². The summed E-state index contributed by atoms with van der Waals surface area (Å²) in [6.07, 6.45) is 5.21. The van der Waals surface area contributed by atoms with Crippen molar-refractivity contribution in [2.24, 2.45) is 5.92 Å². The number of fused-ring (bicyclic) bond motifs is 1. The van der Waals surface area contributed by atoms with E-state index in [2.05, 4.69) is 66.7 Å². The Morgan fingerprint density at radius 1 is 1.00 bits per heavy atom. The van der Waals surface area contributed by atoms with Crippen LogP contribution in [-0.2, 0) is 28.9 Å². The fourth-order valence-electron chi connectivity index (χ4n) is 7.40. The molecule has 6 rings (SSSR count). The van der Waals surface area contributed by atoms with Crippen LogP contribution in [0.4, 0.5) is 11.4 Å². The van der Waals surface area contributed by atoms with Gasteiger partial charge in [-0.15, -0.1) is 5.10 Å². The van der Waals surface area contributed by atoms with Gasteiger partial charge in [-0.1, -0.05) is 66.8 Å². The van der Waals surface area contributed by atoms with E-state index >= 15 is 0 Å². The highest BCUT2D eigenvalue weighted by molar-refractivity contribution is 6.91. The van der Waals surface area contributed by atoms with Gasteiger partial charge in [0, 0.05) is 31.5 Å². The zero-order valence-corrected chi connectivity index (χ0v) is 28.1. The number of aryl methyl sites for hydroxylation is 2. The number of hydrogen-bond donors (Lipinski definition) is 1. The first kappa shape index (κ1) is 32.0. The minimum Gasteiger partial charge on any atom is -0.497 e. The second-order valence-electron chi connectivity index (χ2n) is 13.0. The fraction of sp³-hybridized carbons (Fsp3) is 0.417. The summed E-state index contributed by atoms with van der Waals surface area (Å²) in [5.41, 5.74) is 4.01. The third-order valence-corrected chi connectivity index (χ3v) is 14.1. The molecule has 4 atom stereocenters. The summed E-state index contributed by atoms with van der Waals surface area (Å²) in [4.78, 5) is 14.7. The molecule has 0 radical (unpaired) electrons. The maximum absolute atomic E-state index is 13.0. The summed E-state index contributed by atoms with van der Waals surface area (Å²) < 4.78 is 20.0. The number of ether oxygens (including phenoxy) is 3. The minimum absolute atomic E-state index is 0.0304. The number of hydrogen-bond acceptors (Lipinski definition) is 7. The third-order valence-electron chi connectivity index (χ3n) is 9.76. The van der Waals surface area contributed by atoms with Crippen LogP contribution in [0.3, 0.4) is 0 Å². The maximum atomic E-state index is 13.0. The van der Waals surface area contributed by atoms with Gasteiger partial charge in [-0.25, -0.2) is 0 Å². The standard InChI is InChI=1S/C36H44N4O5Si/c1-25-32(17-12-26-8-7-9-28(22-26)40-31-10-5-6-11-33(31)44-24-35(40)42)45-34(18-20-39-23-27(19-21-41)37-38-39)36(25)46(3,4)30-15-13-29(43-2)14-16-30/h5-11,13-16,22-23,25,32,34,36,41H,12,17-21,24H2,1-4H3/t25-,32+,34-,36+/m1/s1. The average Bonchev–Trinajstić information content (AvgIpc) is 3.66. The van der Waals surface area contributed by atoms with Gasteiger partial charge in [0.2, 0.25) is 0 Å². The van der Waals surface area contributed by atoms with E-state index in [0.717, 1.165) is 47.8 Å². The first-order valence-electron chi connectivity index (χ1n) is 16.2. The number of nitrogens with zero attached hydrogens (tertiary/aromatic N) is 4. The van der Waals surface area contributed by atoms with E-state index in [9.17, 15) is 9.90 Å². The molecule has 0 spiro atoms. The molecule has 2 aliphatic heterocycles. The van der Waals surface area contributed by atoms with Gasteiger partial charge in [0.1, 0.15) is 11.5 Å². The van der Waals surface area contributed by atoms with Gasteiger partial charge in [-0.3, -0.25) is 14.4 Å². The SMILES string of the molecule is COc1ccc([Si](C)(C)[C@H]2[C@H](C)[C@H](CCc3cccc(N4C(=O)COc5ccccc54)c3)O[C@@H]2CCn2cc(CCO)nn2)cc1. The van der Waals surface area contributed by atoms with Gasteiger partial charge < -0.3 is 19.3 Å². The Labute approximate surface area is 272 Å². The molecule has 1 aromatic heterocycles. The molecule has 0 aliphatic carbocycles. The largest absolute Gasteiger partial charge is 0.497 e. The summed E-state index contributed by atoms with van der Waals surface area (Å²) in [5.74, 6) is 1.88. The molecule has 1 fully saturated rings. The number of amides is 1. The predicted molar refractivity (Wildman–Crippen MR) is 181 cm³/mol. The van der Waals surface area contributed by atoms with Crippen molar-refractivity contribution in [2.75, 3.05) is 25.2 Å². The van der Waals surface area contributed by atoms with Crippen molar-refractivity contribution in [2.45, 2.75) is 70.0 Å². The highest BCUT2D eigenvalue weighted by Gasteiger charge is 2.50. The summed E-state index contributed by atoms with van der Waals surface area (Å²) in [6, 6.07) is 24.6. The monoisotopic (exact) mass is 640 g/mol. The van der Waals surface area contributed by atoms with Crippen LogP contribution < -0.4 is 19.6 Å². The number of anilines is 2. The van der Waals surface area contributed by atoms with Gasteiger partial charge in [0.05, 0.1) is 38.8 Å². The number of aromatic nitrogens is 3. The van der Waals surface area contributed by atoms with Gasteiger partial charge >= 0.3 is 0 Å². The second kappa shape index (κ2) is 13.8. The van der Waals surface area contributed by atoms with Gasteiger partial charge in [0.15, 0.2) is 6.61 Å². The smallest absolute Gasteiger partial charge is 0.269 e. The average molecular weight is 641 g/mol. The van der Waals surface area contributed by atoms with Crippen molar-refractivity contribution in [1.82, 2.24) is 15.0 Å². The van der Waals surface area contributed by atoms with Crippen LogP contribution >= 0.6 is 0 Å². The van der Waals surface area contributed by atoms with E-state index in [0.29, 0.717) is 24.4 Å². The first-order chi connectivity index (χ1) is 22.3. The van der Waals surface area contributed by atoms with Crippen LogP contribution in [0.15, 0.2) is 79.0 Å². The second-order valence-corrected chi connectivity index (χ2v) is 17.7. The van der Waals surface area contributed by atoms with Gasteiger partial charge in [-0.05, 0) is 72.7 Å². The van der Waals surface area contributed by atoms with Crippen molar-refractivity contribution < 1.29 is 24.1 Å². The molecule has 1 N–H and O–H groups in total. The highest BCUT2D eigenvalue weighted by atomic mass is 28.3. The lowest BCUT2D eigenvalue weighted by molar-refractivity contribution is -0.120. The normalized spacial score (nSPS) is 21.2. The Morgan fingerprint density at radius 2 is 1.80 bits per heavy atom. The summed E-state index contributed by atoms with van der Waals surface area (Å²) in [6.45, 7) is 8.09. The van der Waals surface area contributed by atoms with Crippen molar-refractivity contribution >= 4 is 30.5 Å². The molecule has 2 aliphatic rings. The summed E-state index contributed by atoms with van der Waals surface area (Å²) >= 11 is 0. The topological polar surface area (TPSA) is 98.9 Å². The van der Waals surface area contributed by atoms with E-state index in [-0.39, 0.29) is 31.3 Å². The van der Waals surface area contributed by atoms with E-state index in [4.69, 9.17) is 14.2 Å². The Balaban J connectivity index is 1.20. The lowest BCUT2D eigenvalue weighted by atomic mass is 9.95. The summed E-state index contributed by atoms with van der Waals surface area (Å²) in [7, 11) is -0.289. The molecular formula is C36H44N4O5Si. The molecule has 0 unspecified atom stereocenters. The Morgan fingerprint density at radius 3 is 2.59 bits per heavy atom. The molecule has 0 saturated carbocycles. The predicted octanol–water partition coefficient (Wildman–Crippen LogP) is 5.29.